The van der Waals surface area contributed by atoms with Crippen LogP contribution in [0.5, 0.6) is 0 Å². The Morgan fingerprint density at radius 1 is 0.185 bits per heavy atom. The van der Waals surface area contributed by atoms with Gasteiger partial charge in [0, 0.05) is 0 Å². The number of hydrogen-bond donors (Lipinski definition) is 0. The normalized spacial score (nSPS) is 18.8. The van der Waals surface area contributed by atoms with E-state index in [9.17, 15) is 0 Å². The van der Waals surface area contributed by atoms with E-state index in [1.165, 1.54) is 337 Å². The molecule has 16 rings (SSSR count). The van der Waals surface area contributed by atoms with Crippen molar-refractivity contribution < 1.29 is 0 Å². The first-order valence-electron chi connectivity index (χ1n) is 49.3. The fraction of sp³-hybridized carbons (Fsp3) is 0.419. The van der Waals surface area contributed by atoms with Gasteiger partial charge in [0.15, 0.2) is 0 Å². The molecule has 12 aromatic rings. The molecule has 4 fully saturated rings. The molecule has 0 heterocycles. The van der Waals surface area contributed by atoms with E-state index in [1.807, 2.05) is 0 Å². The Labute approximate surface area is 753 Å². The van der Waals surface area contributed by atoms with Crippen LogP contribution in [0.15, 0.2) is 267 Å². The first-order valence-corrected chi connectivity index (χ1v) is 49.3. The van der Waals surface area contributed by atoms with Crippen LogP contribution < -0.4 is 0 Å². The molecule has 0 aliphatic heterocycles. The van der Waals surface area contributed by atoms with Gasteiger partial charge >= 0.3 is 0 Å². The standard InChI is InChI=1S/4C31H38/c1-23-4-8-26(9-5-23)12-13-28-15-18-30(19-16-28)31-21-20-29(25(3)22-31)17-14-27-10-6-24(2)7-11-27;1-23-8-15-28(16-9-23)29-19-12-26(13-20-29)6-4-5-7-27-14-21-31(25(3)22-27)30-17-10-24(2)11-18-30;1-23-8-12-26(13-9-23)6-4-5-7-27-14-18-28(19-15-27)30-20-21-31(25(3)22-30)29-16-10-24(2)11-17-29;1-23-8-12-26(13-9-23)6-4-5-7-27-16-21-31(22-25(27)3)30-19-17-29(18-20-30)28-14-10-24(2)11-15-28/h4-5,8-9,15-16,18-22,24,27H,6-7,10-14,17H2,1-3H3;8-9,12-16,19-22,24,30H,4-7,10-11,17-18H2,1-3H3;8-9,12-15,18-22,24,29H,4-7,10-11,16-17H2,1-3H3;10-11,14-23,26H,4-9,12-13H2,1-3H3. The Kier molecular flexibility index (Phi) is 35.2. The van der Waals surface area contributed by atoms with E-state index in [-0.39, 0.29) is 0 Å². The summed E-state index contributed by atoms with van der Waals surface area (Å²) in [5.41, 5.74) is 39.3. The molecule has 4 saturated carbocycles. The van der Waals surface area contributed by atoms with Crippen molar-refractivity contribution in [2.24, 2.45) is 35.5 Å². The zero-order valence-corrected chi connectivity index (χ0v) is 78.6. The van der Waals surface area contributed by atoms with Crippen LogP contribution in [0.4, 0.5) is 0 Å². The summed E-state index contributed by atoms with van der Waals surface area (Å²) < 4.78 is 0. The van der Waals surface area contributed by atoms with E-state index < -0.39 is 0 Å². The highest BCUT2D eigenvalue weighted by Gasteiger charge is 2.25. The molecule has 124 heavy (non-hydrogen) atoms. The van der Waals surface area contributed by atoms with Crippen molar-refractivity contribution in [3.8, 4) is 55.6 Å². The van der Waals surface area contributed by atoms with Gasteiger partial charge in [-0.25, -0.2) is 0 Å². The third-order valence-electron chi connectivity index (χ3n) is 29.4. The summed E-state index contributed by atoms with van der Waals surface area (Å²) in [6, 6.07) is 101. The van der Waals surface area contributed by atoms with Crippen molar-refractivity contribution in [2.45, 2.75) is 300 Å². The van der Waals surface area contributed by atoms with E-state index in [1.54, 1.807) is 11.1 Å². The van der Waals surface area contributed by atoms with Crippen molar-refractivity contribution in [3.63, 3.8) is 0 Å². The smallest absolute Gasteiger partial charge is 0.0159 e. The van der Waals surface area contributed by atoms with Crippen molar-refractivity contribution >= 4 is 0 Å². The molecular weight excluding hydrogens is 1490 g/mol. The van der Waals surface area contributed by atoms with Gasteiger partial charge in [0.25, 0.3) is 0 Å². The number of aryl methyl sites for hydroxylation is 16. The third kappa shape index (κ3) is 28.6. The molecule has 0 atom stereocenters. The topological polar surface area (TPSA) is 0 Å². The highest BCUT2D eigenvalue weighted by Crippen LogP contribution is 2.41. The van der Waals surface area contributed by atoms with E-state index in [0.717, 1.165) is 60.2 Å². The van der Waals surface area contributed by atoms with Crippen LogP contribution in [0.1, 0.15) is 294 Å². The maximum Gasteiger partial charge on any atom is -0.0159 e. The van der Waals surface area contributed by atoms with Crippen LogP contribution in [-0.2, 0) is 51.4 Å². The molecular formula is C124H152. The summed E-state index contributed by atoms with van der Waals surface area (Å²) in [5, 5.41) is 0. The lowest BCUT2D eigenvalue weighted by atomic mass is 9.78. The molecule has 648 valence electrons. The van der Waals surface area contributed by atoms with E-state index in [4.69, 9.17) is 0 Å². The molecule has 0 N–H and O–H groups in total. The van der Waals surface area contributed by atoms with Gasteiger partial charge in [-0.1, -0.05) is 407 Å². The fourth-order valence-corrected chi connectivity index (χ4v) is 20.5. The predicted octanol–water partition coefficient (Wildman–Crippen LogP) is 35.4. The summed E-state index contributed by atoms with van der Waals surface area (Å²) in [4.78, 5) is 0. The van der Waals surface area contributed by atoms with Gasteiger partial charge in [0.2, 0.25) is 0 Å². The summed E-state index contributed by atoms with van der Waals surface area (Å²) >= 11 is 0. The second-order valence-electron chi connectivity index (χ2n) is 39.8. The third-order valence-corrected chi connectivity index (χ3v) is 29.4. The van der Waals surface area contributed by atoms with Crippen molar-refractivity contribution in [1.82, 2.24) is 0 Å². The molecule has 0 heteroatoms. The highest BCUT2D eigenvalue weighted by molar-refractivity contribution is 5.72. The Balaban J connectivity index is 0.000000142. The van der Waals surface area contributed by atoms with Gasteiger partial charge in [0.1, 0.15) is 0 Å². The molecule has 0 nitrogen and oxygen atoms in total. The largest absolute Gasteiger partial charge is 0.0625 e. The van der Waals surface area contributed by atoms with Gasteiger partial charge in [-0.2, -0.15) is 0 Å². The van der Waals surface area contributed by atoms with Gasteiger partial charge in [-0.3, -0.25) is 0 Å². The van der Waals surface area contributed by atoms with Gasteiger partial charge in [-0.05, 0) is 352 Å². The molecule has 0 amide bonds. The number of rotatable bonds is 28. The van der Waals surface area contributed by atoms with Crippen LogP contribution in [0, 0.1) is 90.9 Å². The van der Waals surface area contributed by atoms with Crippen LogP contribution >= 0.6 is 0 Å². The number of unbranched alkanes of at least 4 members (excludes halogenated alkanes) is 3. The lowest BCUT2D eigenvalue weighted by molar-refractivity contribution is 0.272. The van der Waals surface area contributed by atoms with Crippen LogP contribution in [0.3, 0.4) is 0 Å². The average molecular weight is 1640 g/mol. The predicted molar refractivity (Wildman–Crippen MR) is 540 cm³/mol. The zero-order chi connectivity index (χ0) is 86.5. The second-order valence-corrected chi connectivity index (χ2v) is 39.8. The summed E-state index contributed by atoms with van der Waals surface area (Å²) in [5.74, 6) is 7.28. The van der Waals surface area contributed by atoms with Crippen LogP contribution in [-0.4, -0.2) is 0 Å². The minimum Gasteiger partial charge on any atom is -0.0625 e. The SMILES string of the molecule is Cc1ccc(-c2ccc(-c3ccc(CCCCC4CCC(C)CC4)c(C)c3)cc2)cc1.Cc1ccc(-c2ccc(CCCCc3ccc(C4CCC(C)CC4)c(C)c3)cc2)cc1.Cc1ccc(CCCCc2ccc(-c3ccc(C4CCC(C)CC4)c(C)c3)cc2)cc1.Cc1ccc(CCc2ccc(-c3ccc(CCC4CCC(C)CC4)c(C)c3)cc2)cc1. The van der Waals surface area contributed by atoms with Crippen LogP contribution in [0.2, 0.25) is 0 Å². The van der Waals surface area contributed by atoms with Gasteiger partial charge < -0.3 is 0 Å². The second kappa shape index (κ2) is 47.3. The fourth-order valence-electron chi connectivity index (χ4n) is 20.5. The first-order chi connectivity index (χ1) is 60.3. The number of benzene rings is 12. The minimum atomic E-state index is 0.771. The molecule has 0 spiro atoms. The van der Waals surface area contributed by atoms with Gasteiger partial charge in [0.05, 0.1) is 0 Å². The quantitative estimate of drug-likeness (QED) is 0.0429. The molecule has 4 aliphatic carbocycles. The summed E-state index contributed by atoms with van der Waals surface area (Å²) in [6.07, 6.45) is 42.6. The molecule has 0 bridgehead atoms. The minimum absolute atomic E-state index is 0.771. The molecule has 0 radical (unpaired) electrons. The summed E-state index contributed by atoms with van der Waals surface area (Å²) in [7, 11) is 0. The summed E-state index contributed by atoms with van der Waals surface area (Å²) in [6.45, 7) is 27.4. The van der Waals surface area contributed by atoms with Crippen LogP contribution in [0.25, 0.3) is 55.6 Å². The Morgan fingerprint density at radius 3 is 0.782 bits per heavy atom. The lowest BCUT2D eigenvalue weighted by Crippen LogP contribution is -2.13. The van der Waals surface area contributed by atoms with Crippen molar-refractivity contribution in [1.29, 1.82) is 0 Å². The molecule has 4 aliphatic rings. The lowest BCUT2D eigenvalue weighted by Gasteiger charge is -2.27. The van der Waals surface area contributed by atoms with E-state index >= 15 is 0 Å². The molecule has 0 unspecified atom stereocenters. The molecule has 0 saturated heterocycles. The molecule has 0 aromatic heterocycles. The average Bonchev–Trinajstić information content (AvgIpc) is 0.830. The molecule has 12 aromatic carbocycles. The number of hydrogen-bond acceptors (Lipinski definition) is 0. The van der Waals surface area contributed by atoms with Crippen molar-refractivity contribution in [2.75, 3.05) is 0 Å². The Morgan fingerprint density at radius 2 is 0.427 bits per heavy atom. The Hall–Kier alpha value is -9.36. The maximum absolute atomic E-state index is 2.46. The monoisotopic (exact) mass is 1640 g/mol. The van der Waals surface area contributed by atoms with E-state index in [2.05, 4.69) is 350 Å². The van der Waals surface area contributed by atoms with Gasteiger partial charge in [-0.15, -0.1) is 0 Å². The van der Waals surface area contributed by atoms with Crippen molar-refractivity contribution in [3.05, 3.63) is 367 Å². The maximum atomic E-state index is 2.46. The Bertz CT molecular complexity index is 5130. The first kappa shape index (κ1) is 92.3. The van der Waals surface area contributed by atoms with E-state index in [0.29, 0.717) is 0 Å². The highest BCUT2D eigenvalue weighted by atomic mass is 14.3. The zero-order valence-electron chi connectivity index (χ0n) is 78.6.